The fraction of sp³-hybridized carbons (Fsp3) is 0.375. The predicted octanol–water partition coefficient (Wildman–Crippen LogP) is 0.993. The lowest BCUT2D eigenvalue weighted by Crippen LogP contribution is -2.33. The SMILES string of the molecule is CC(=O)NCC1CN(c2ccc(N3C=CS(=O)(=O)CC3)c(F)c2)C(=O)O1. The summed E-state index contributed by atoms with van der Waals surface area (Å²) >= 11 is 0. The maximum Gasteiger partial charge on any atom is 0.414 e. The molecule has 26 heavy (non-hydrogen) atoms. The third-order valence-corrected chi connectivity index (χ3v) is 5.36. The van der Waals surface area contributed by atoms with E-state index in [1.54, 1.807) is 6.07 Å². The van der Waals surface area contributed by atoms with Gasteiger partial charge in [-0.2, -0.15) is 0 Å². The number of ether oxygens (including phenoxy) is 1. The Kier molecular flexibility index (Phi) is 4.86. The van der Waals surface area contributed by atoms with Gasteiger partial charge in [0.2, 0.25) is 5.91 Å². The summed E-state index contributed by atoms with van der Waals surface area (Å²) < 4.78 is 42.5. The van der Waals surface area contributed by atoms with Crippen LogP contribution in [0.1, 0.15) is 6.92 Å². The van der Waals surface area contributed by atoms with Crippen LogP contribution >= 0.6 is 0 Å². The first-order valence-electron chi connectivity index (χ1n) is 7.95. The van der Waals surface area contributed by atoms with Crippen molar-refractivity contribution in [2.75, 3.05) is 35.2 Å². The third-order valence-electron chi connectivity index (χ3n) is 4.07. The second-order valence-corrected chi connectivity index (χ2v) is 8.04. The van der Waals surface area contributed by atoms with Crippen LogP contribution < -0.4 is 15.1 Å². The molecule has 0 spiro atoms. The highest BCUT2D eigenvalue weighted by molar-refractivity contribution is 7.94. The van der Waals surface area contributed by atoms with Crippen LogP contribution in [-0.2, 0) is 19.4 Å². The first kappa shape index (κ1) is 18.2. The lowest BCUT2D eigenvalue weighted by atomic mass is 10.2. The van der Waals surface area contributed by atoms with Gasteiger partial charge >= 0.3 is 6.09 Å². The van der Waals surface area contributed by atoms with Gasteiger partial charge in [-0.1, -0.05) is 0 Å². The summed E-state index contributed by atoms with van der Waals surface area (Å²) in [5, 5.41) is 3.62. The number of halogens is 1. The average Bonchev–Trinajstić information content (AvgIpc) is 2.94. The molecule has 1 aromatic rings. The molecule has 1 N–H and O–H groups in total. The maximum absolute atomic E-state index is 14.5. The zero-order valence-corrected chi connectivity index (χ0v) is 14.8. The van der Waals surface area contributed by atoms with Crippen LogP contribution in [0.25, 0.3) is 0 Å². The number of rotatable bonds is 4. The number of sulfone groups is 1. The van der Waals surface area contributed by atoms with Gasteiger partial charge < -0.3 is 15.0 Å². The second kappa shape index (κ2) is 6.94. The Labute approximate surface area is 150 Å². The van der Waals surface area contributed by atoms with Crippen molar-refractivity contribution >= 4 is 33.2 Å². The summed E-state index contributed by atoms with van der Waals surface area (Å²) in [6.07, 6.45) is 0.200. The number of carbonyl (C=O) groups is 2. The summed E-state index contributed by atoms with van der Waals surface area (Å²) in [4.78, 5) is 25.7. The van der Waals surface area contributed by atoms with Crippen molar-refractivity contribution in [3.05, 3.63) is 35.6 Å². The van der Waals surface area contributed by atoms with Gasteiger partial charge in [0.05, 0.1) is 30.2 Å². The summed E-state index contributed by atoms with van der Waals surface area (Å²) in [6, 6.07) is 4.26. The van der Waals surface area contributed by atoms with Gasteiger partial charge in [0.15, 0.2) is 9.84 Å². The Morgan fingerprint density at radius 3 is 2.81 bits per heavy atom. The van der Waals surface area contributed by atoms with Crippen molar-refractivity contribution in [1.82, 2.24) is 5.32 Å². The van der Waals surface area contributed by atoms with E-state index >= 15 is 0 Å². The molecule has 2 aliphatic rings. The molecular weight excluding hydrogens is 365 g/mol. The first-order valence-corrected chi connectivity index (χ1v) is 9.66. The molecular formula is C16H18FN3O5S. The van der Waals surface area contributed by atoms with Crippen molar-refractivity contribution in [1.29, 1.82) is 0 Å². The van der Waals surface area contributed by atoms with Crippen LogP contribution in [0.4, 0.5) is 20.6 Å². The Balaban J connectivity index is 1.74. The standard InChI is InChI=1S/C16H18FN3O5S/c1-11(21)18-9-13-10-20(16(22)25-13)12-2-3-15(14(17)8-12)19-4-6-26(23,24)7-5-19/h2-4,6,8,13H,5,7,9-10H2,1H3,(H,18,21). The molecule has 2 heterocycles. The normalized spacial score (nSPS) is 21.6. The highest BCUT2D eigenvalue weighted by Gasteiger charge is 2.33. The van der Waals surface area contributed by atoms with E-state index in [0.29, 0.717) is 5.69 Å². The van der Waals surface area contributed by atoms with Gasteiger partial charge in [-0.3, -0.25) is 9.69 Å². The smallest absolute Gasteiger partial charge is 0.414 e. The minimum Gasteiger partial charge on any atom is -0.442 e. The van der Waals surface area contributed by atoms with E-state index in [4.69, 9.17) is 4.74 Å². The number of nitrogens with one attached hydrogen (secondary N) is 1. The van der Waals surface area contributed by atoms with E-state index < -0.39 is 27.9 Å². The molecule has 0 saturated carbocycles. The third kappa shape index (κ3) is 3.96. The number of hydrogen-bond acceptors (Lipinski definition) is 6. The summed E-state index contributed by atoms with van der Waals surface area (Å²) in [6.45, 7) is 1.90. The molecule has 0 bridgehead atoms. The van der Waals surface area contributed by atoms with Gasteiger partial charge in [-0.05, 0) is 18.2 Å². The zero-order chi connectivity index (χ0) is 18.9. The van der Waals surface area contributed by atoms with Crippen molar-refractivity contribution in [2.45, 2.75) is 13.0 Å². The lowest BCUT2D eigenvalue weighted by molar-refractivity contribution is -0.119. The molecule has 1 fully saturated rings. The lowest BCUT2D eigenvalue weighted by Gasteiger charge is -2.24. The largest absolute Gasteiger partial charge is 0.442 e. The number of benzene rings is 1. The quantitative estimate of drug-likeness (QED) is 0.833. The summed E-state index contributed by atoms with van der Waals surface area (Å²) in [5.74, 6) is -0.899. The van der Waals surface area contributed by atoms with E-state index in [9.17, 15) is 22.4 Å². The number of nitrogens with zero attached hydrogens (tertiary/aromatic N) is 2. The van der Waals surface area contributed by atoms with Crippen LogP contribution in [-0.4, -0.2) is 51.9 Å². The number of carbonyl (C=O) groups excluding carboxylic acids is 2. The van der Waals surface area contributed by atoms with Crippen molar-refractivity contribution < 1.29 is 27.1 Å². The van der Waals surface area contributed by atoms with Crippen molar-refractivity contribution in [3.63, 3.8) is 0 Å². The molecule has 140 valence electrons. The van der Waals surface area contributed by atoms with Gasteiger partial charge in [0.1, 0.15) is 11.9 Å². The molecule has 10 heteroatoms. The molecule has 8 nitrogen and oxygen atoms in total. The van der Waals surface area contributed by atoms with E-state index in [1.807, 2.05) is 0 Å². The number of hydrogen-bond donors (Lipinski definition) is 1. The molecule has 0 aliphatic carbocycles. The first-order chi connectivity index (χ1) is 12.2. The molecule has 2 aliphatic heterocycles. The molecule has 1 unspecified atom stereocenters. The van der Waals surface area contributed by atoms with Gasteiger partial charge in [-0.25, -0.2) is 17.6 Å². The minimum atomic E-state index is -3.23. The molecule has 1 atom stereocenters. The van der Waals surface area contributed by atoms with Gasteiger partial charge in [0.25, 0.3) is 0 Å². The Bertz CT molecular complexity index is 871. The van der Waals surface area contributed by atoms with Crippen molar-refractivity contribution in [3.8, 4) is 0 Å². The van der Waals surface area contributed by atoms with Crippen LogP contribution in [0.5, 0.6) is 0 Å². The van der Waals surface area contributed by atoms with E-state index in [2.05, 4.69) is 5.32 Å². The zero-order valence-electron chi connectivity index (χ0n) is 14.0. The minimum absolute atomic E-state index is 0.0893. The number of amides is 2. The Hall–Kier alpha value is -2.62. The second-order valence-electron chi connectivity index (χ2n) is 6.03. The number of anilines is 2. The maximum atomic E-state index is 14.5. The summed E-state index contributed by atoms with van der Waals surface area (Å²) in [5.41, 5.74) is 0.553. The highest BCUT2D eigenvalue weighted by atomic mass is 32.2. The Morgan fingerprint density at radius 2 is 2.19 bits per heavy atom. The van der Waals surface area contributed by atoms with Crippen LogP contribution in [0.3, 0.4) is 0 Å². The van der Waals surface area contributed by atoms with Crippen LogP contribution in [0.2, 0.25) is 0 Å². The molecule has 1 saturated heterocycles. The van der Waals surface area contributed by atoms with Crippen LogP contribution in [0.15, 0.2) is 29.8 Å². The molecule has 1 aromatic carbocycles. The summed E-state index contributed by atoms with van der Waals surface area (Å²) in [7, 11) is -3.23. The fourth-order valence-corrected chi connectivity index (χ4v) is 3.65. The highest BCUT2D eigenvalue weighted by Crippen LogP contribution is 2.29. The van der Waals surface area contributed by atoms with Gasteiger partial charge in [0, 0.05) is 25.1 Å². The van der Waals surface area contributed by atoms with Crippen LogP contribution in [0, 0.1) is 5.82 Å². The number of cyclic esters (lactones) is 1. The van der Waals surface area contributed by atoms with Gasteiger partial charge in [-0.15, -0.1) is 0 Å². The van der Waals surface area contributed by atoms with Crippen molar-refractivity contribution in [2.24, 2.45) is 0 Å². The molecule has 0 aromatic heterocycles. The Morgan fingerprint density at radius 1 is 1.42 bits per heavy atom. The monoisotopic (exact) mass is 383 g/mol. The van der Waals surface area contributed by atoms with E-state index in [0.717, 1.165) is 5.41 Å². The molecule has 0 radical (unpaired) electrons. The van der Waals surface area contributed by atoms with E-state index in [1.165, 1.54) is 35.1 Å². The molecule has 2 amide bonds. The van der Waals surface area contributed by atoms with E-state index in [-0.39, 0.29) is 37.0 Å². The average molecular weight is 383 g/mol. The fourth-order valence-electron chi connectivity index (χ4n) is 2.73. The predicted molar refractivity (Wildman–Crippen MR) is 93.0 cm³/mol. The molecule has 3 rings (SSSR count). The topological polar surface area (TPSA) is 96.0 Å².